The summed E-state index contributed by atoms with van der Waals surface area (Å²) in [4.78, 5) is 0. The van der Waals surface area contributed by atoms with Crippen LogP contribution < -0.4 is 5.73 Å². The van der Waals surface area contributed by atoms with Crippen LogP contribution in [0.2, 0.25) is 5.02 Å². The molecule has 0 amide bonds. The maximum Gasteiger partial charge on any atom is 0.149 e. The molecule has 1 aliphatic rings. The molecule has 1 saturated carbocycles. The van der Waals surface area contributed by atoms with Crippen LogP contribution >= 0.6 is 11.6 Å². The number of hydrogen-bond acceptors (Lipinski definition) is 1. The van der Waals surface area contributed by atoms with E-state index in [1.54, 1.807) is 6.92 Å². The topological polar surface area (TPSA) is 26.0 Å². The number of rotatable bonds is 1. The molecule has 0 saturated heterocycles. The second-order valence-corrected chi connectivity index (χ2v) is 4.24. The zero-order valence-electron chi connectivity index (χ0n) is 7.70. The molecule has 2 rings (SSSR count). The van der Waals surface area contributed by atoms with Crippen molar-refractivity contribution in [2.45, 2.75) is 25.3 Å². The number of halogens is 3. The highest BCUT2D eigenvalue weighted by atomic mass is 35.5. The van der Waals surface area contributed by atoms with Gasteiger partial charge in [0.25, 0.3) is 0 Å². The lowest BCUT2D eigenvalue weighted by Gasteiger charge is -2.14. The lowest BCUT2D eigenvalue weighted by Crippen LogP contribution is -2.23. The van der Waals surface area contributed by atoms with Crippen molar-refractivity contribution in [2.24, 2.45) is 5.73 Å². The van der Waals surface area contributed by atoms with Gasteiger partial charge in [0.15, 0.2) is 0 Å². The van der Waals surface area contributed by atoms with Crippen molar-refractivity contribution < 1.29 is 8.78 Å². The van der Waals surface area contributed by atoms with Gasteiger partial charge >= 0.3 is 0 Å². The Morgan fingerprint density at radius 1 is 1.36 bits per heavy atom. The van der Waals surface area contributed by atoms with Crippen molar-refractivity contribution in [2.75, 3.05) is 0 Å². The summed E-state index contributed by atoms with van der Waals surface area (Å²) >= 11 is 5.63. The van der Waals surface area contributed by atoms with E-state index in [2.05, 4.69) is 0 Å². The van der Waals surface area contributed by atoms with Gasteiger partial charge in [0, 0.05) is 11.1 Å². The first-order valence-electron chi connectivity index (χ1n) is 4.39. The van der Waals surface area contributed by atoms with Crippen molar-refractivity contribution >= 4 is 11.6 Å². The number of benzene rings is 1. The van der Waals surface area contributed by atoms with E-state index in [0.29, 0.717) is 18.4 Å². The third kappa shape index (κ3) is 1.31. The summed E-state index contributed by atoms with van der Waals surface area (Å²) in [6.45, 7) is 1.55. The highest BCUT2D eigenvalue weighted by Gasteiger charge is 2.45. The second kappa shape index (κ2) is 2.91. The molecule has 76 valence electrons. The molecule has 0 aliphatic heterocycles. The molecule has 0 aromatic heterocycles. The number of nitrogens with two attached hydrogens (primary N) is 1. The fourth-order valence-electron chi connectivity index (χ4n) is 1.55. The standard InChI is InChI=1S/C10H10ClF2N/c1-5-4-6(11)9(13)7(8(5)12)10(14)2-3-10/h4H,2-3,14H2,1H3. The van der Waals surface area contributed by atoms with Crippen LogP contribution in [0, 0.1) is 18.6 Å². The third-order valence-corrected chi connectivity index (χ3v) is 2.90. The maximum absolute atomic E-state index is 13.6. The van der Waals surface area contributed by atoms with Crippen LogP contribution in [-0.2, 0) is 5.54 Å². The van der Waals surface area contributed by atoms with Crippen molar-refractivity contribution in [3.05, 3.63) is 33.9 Å². The van der Waals surface area contributed by atoms with Gasteiger partial charge in [-0.25, -0.2) is 8.78 Å². The van der Waals surface area contributed by atoms with E-state index >= 15 is 0 Å². The lowest BCUT2D eigenvalue weighted by atomic mass is 10.0. The van der Waals surface area contributed by atoms with E-state index in [-0.39, 0.29) is 10.6 Å². The first-order chi connectivity index (χ1) is 6.46. The van der Waals surface area contributed by atoms with Gasteiger partial charge in [0.05, 0.1) is 5.02 Å². The first-order valence-corrected chi connectivity index (χ1v) is 4.77. The van der Waals surface area contributed by atoms with Crippen molar-refractivity contribution in [1.82, 2.24) is 0 Å². The van der Waals surface area contributed by atoms with Crippen LogP contribution in [0.25, 0.3) is 0 Å². The number of aryl methyl sites for hydroxylation is 1. The normalized spacial score (nSPS) is 18.4. The molecule has 4 heteroatoms. The summed E-state index contributed by atoms with van der Waals surface area (Å²) in [6.07, 6.45) is 1.22. The van der Waals surface area contributed by atoms with E-state index in [4.69, 9.17) is 17.3 Å². The van der Waals surface area contributed by atoms with Crippen molar-refractivity contribution in [3.8, 4) is 0 Å². The third-order valence-electron chi connectivity index (χ3n) is 2.62. The average molecular weight is 218 g/mol. The summed E-state index contributed by atoms with van der Waals surface area (Å²) in [5.41, 5.74) is 5.22. The Morgan fingerprint density at radius 3 is 2.43 bits per heavy atom. The molecule has 1 fully saturated rings. The Bertz CT molecular complexity index is 373. The quantitative estimate of drug-likeness (QED) is 0.720. The minimum absolute atomic E-state index is 0.0532. The minimum Gasteiger partial charge on any atom is -0.321 e. The molecular weight excluding hydrogens is 208 g/mol. The molecule has 2 N–H and O–H groups in total. The fourth-order valence-corrected chi connectivity index (χ4v) is 1.81. The summed E-state index contributed by atoms with van der Waals surface area (Å²) in [6, 6.07) is 1.28. The van der Waals surface area contributed by atoms with Gasteiger partial charge in [0.2, 0.25) is 0 Å². The van der Waals surface area contributed by atoms with Gasteiger partial charge in [-0.1, -0.05) is 11.6 Å². The van der Waals surface area contributed by atoms with E-state index in [1.165, 1.54) is 6.07 Å². The molecule has 1 aromatic carbocycles. The first kappa shape index (κ1) is 9.87. The Hall–Kier alpha value is -0.670. The second-order valence-electron chi connectivity index (χ2n) is 3.83. The van der Waals surface area contributed by atoms with Crippen LogP contribution in [0.1, 0.15) is 24.0 Å². The lowest BCUT2D eigenvalue weighted by molar-refractivity contribution is 0.516. The van der Waals surface area contributed by atoms with E-state index in [9.17, 15) is 8.78 Å². The van der Waals surface area contributed by atoms with Crippen molar-refractivity contribution in [1.29, 1.82) is 0 Å². The van der Waals surface area contributed by atoms with Gasteiger partial charge < -0.3 is 5.73 Å². The Labute approximate surface area is 85.9 Å². The molecule has 1 nitrogen and oxygen atoms in total. The SMILES string of the molecule is Cc1cc(Cl)c(F)c(C2(N)CC2)c1F. The Morgan fingerprint density at radius 2 is 1.93 bits per heavy atom. The monoisotopic (exact) mass is 217 g/mol. The molecule has 0 atom stereocenters. The fraction of sp³-hybridized carbons (Fsp3) is 0.400. The van der Waals surface area contributed by atoms with Crippen LogP contribution in [0.15, 0.2) is 6.07 Å². The molecule has 14 heavy (non-hydrogen) atoms. The van der Waals surface area contributed by atoms with Gasteiger partial charge in [-0.3, -0.25) is 0 Å². The molecule has 0 unspecified atom stereocenters. The molecule has 1 aliphatic carbocycles. The molecule has 1 aromatic rings. The average Bonchev–Trinajstić information content (AvgIpc) is 2.81. The molecular formula is C10H10ClF2N. The van der Waals surface area contributed by atoms with Crippen LogP contribution in [0.3, 0.4) is 0 Å². The van der Waals surface area contributed by atoms with E-state index in [0.717, 1.165) is 0 Å². The summed E-state index contributed by atoms with van der Waals surface area (Å²) in [7, 11) is 0. The van der Waals surface area contributed by atoms with E-state index in [1.807, 2.05) is 0 Å². The molecule has 0 spiro atoms. The molecule has 0 heterocycles. The highest BCUT2D eigenvalue weighted by molar-refractivity contribution is 6.30. The van der Waals surface area contributed by atoms with Crippen LogP contribution in [0.5, 0.6) is 0 Å². The van der Waals surface area contributed by atoms with Gasteiger partial charge in [-0.05, 0) is 31.4 Å². The summed E-state index contributed by atoms with van der Waals surface area (Å²) in [5.74, 6) is -1.28. The Balaban J connectivity index is 2.68. The maximum atomic E-state index is 13.6. The minimum atomic E-state index is -0.830. The number of hydrogen-bond donors (Lipinski definition) is 1. The largest absolute Gasteiger partial charge is 0.321 e. The zero-order valence-corrected chi connectivity index (χ0v) is 8.46. The van der Waals surface area contributed by atoms with Crippen LogP contribution in [-0.4, -0.2) is 0 Å². The summed E-state index contributed by atoms with van der Waals surface area (Å²) in [5, 5.41) is -0.0596. The van der Waals surface area contributed by atoms with Crippen LogP contribution in [0.4, 0.5) is 8.78 Å². The van der Waals surface area contributed by atoms with Gasteiger partial charge in [-0.2, -0.15) is 0 Å². The summed E-state index contributed by atoms with van der Waals surface area (Å²) < 4.78 is 27.1. The molecule has 0 radical (unpaired) electrons. The predicted molar refractivity (Wildman–Crippen MR) is 51.2 cm³/mol. The van der Waals surface area contributed by atoms with Gasteiger partial charge in [0.1, 0.15) is 11.6 Å². The Kier molecular flexibility index (Phi) is 2.05. The van der Waals surface area contributed by atoms with Crippen molar-refractivity contribution in [3.63, 3.8) is 0 Å². The smallest absolute Gasteiger partial charge is 0.149 e. The highest BCUT2D eigenvalue weighted by Crippen LogP contribution is 2.46. The molecule has 0 bridgehead atoms. The van der Waals surface area contributed by atoms with Gasteiger partial charge in [-0.15, -0.1) is 0 Å². The predicted octanol–water partition coefficient (Wildman–Crippen LogP) is 2.87. The zero-order chi connectivity index (χ0) is 10.5. The van der Waals surface area contributed by atoms with E-state index < -0.39 is 17.2 Å².